The lowest BCUT2D eigenvalue weighted by atomic mass is 10.0. The number of nitrogens with one attached hydrogen (secondary N) is 1. The molecule has 0 spiro atoms. The van der Waals surface area contributed by atoms with Crippen LogP contribution in [-0.2, 0) is 11.3 Å². The minimum atomic E-state index is -0.445. The Kier molecular flexibility index (Phi) is 4.57. The van der Waals surface area contributed by atoms with Crippen molar-refractivity contribution in [1.82, 2.24) is 15.1 Å². The molecule has 0 radical (unpaired) electrons. The fourth-order valence-corrected chi connectivity index (χ4v) is 3.12. The Labute approximate surface area is 145 Å². The van der Waals surface area contributed by atoms with Gasteiger partial charge in [0, 0.05) is 19.6 Å². The highest BCUT2D eigenvalue weighted by Gasteiger charge is 2.26. The summed E-state index contributed by atoms with van der Waals surface area (Å²) in [7, 11) is 0. The van der Waals surface area contributed by atoms with Crippen molar-refractivity contribution in [2.45, 2.75) is 20.4 Å². The Morgan fingerprint density at radius 1 is 1.25 bits per heavy atom. The summed E-state index contributed by atoms with van der Waals surface area (Å²) in [5, 5.41) is 6.12. The Morgan fingerprint density at radius 3 is 2.75 bits per heavy atom. The average molecular weight is 347 g/mol. The van der Waals surface area contributed by atoms with Gasteiger partial charge in [0.15, 0.2) is 0 Å². The zero-order valence-electron chi connectivity index (χ0n) is 13.7. The summed E-state index contributed by atoms with van der Waals surface area (Å²) in [6.45, 7) is 6.09. The Hall–Kier alpha value is -2.34. The normalized spacial score (nSPS) is 15.0. The van der Waals surface area contributed by atoms with E-state index < -0.39 is 5.56 Å². The van der Waals surface area contributed by atoms with Crippen LogP contribution in [-0.4, -0.2) is 40.6 Å². The van der Waals surface area contributed by atoms with Gasteiger partial charge < -0.3 is 9.80 Å². The Morgan fingerprint density at radius 2 is 2.04 bits per heavy atom. The highest BCUT2D eigenvalue weighted by atomic mass is 35.5. The standard InChI is InChI=1S/C17H19ClN4O2/c1-11-3-4-13(12(2)7-11)9-22-6-5-21(10-15(22)23)14-8-19-20-17(24)16(14)18/h3-4,7-8H,5-6,9-10H2,1-2H3,(H,20,24). The summed E-state index contributed by atoms with van der Waals surface area (Å²) in [4.78, 5) is 27.7. The summed E-state index contributed by atoms with van der Waals surface area (Å²) in [5.41, 5.74) is 3.61. The minimum absolute atomic E-state index is 0.0116. The molecule has 0 atom stereocenters. The maximum Gasteiger partial charge on any atom is 0.285 e. The van der Waals surface area contributed by atoms with Gasteiger partial charge in [-0.15, -0.1) is 0 Å². The van der Waals surface area contributed by atoms with Gasteiger partial charge in [-0.25, -0.2) is 5.10 Å². The number of anilines is 1. The van der Waals surface area contributed by atoms with Crippen LogP contribution >= 0.6 is 11.6 Å². The maximum atomic E-state index is 12.5. The summed E-state index contributed by atoms with van der Waals surface area (Å²) >= 11 is 6.03. The molecule has 126 valence electrons. The van der Waals surface area contributed by atoms with E-state index in [2.05, 4.69) is 42.2 Å². The van der Waals surface area contributed by atoms with Crippen LogP contribution in [0.3, 0.4) is 0 Å². The third-order valence-corrected chi connectivity index (χ3v) is 4.66. The number of nitrogens with zero attached hydrogens (tertiary/aromatic N) is 3. The van der Waals surface area contributed by atoms with E-state index in [0.29, 0.717) is 25.3 Å². The quantitative estimate of drug-likeness (QED) is 0.921. The van der Waals surface area contributed by atoms with E-state index in [-0.39, 0.29) is 17.5 Å². The lowest BCUT2D eigenvalue weighted by molar-refractivity contribution is -0.131. The molecule has 1 aliphatic rings. The highest BCUT2D eigenvalue weighted by Crippen LogP contribution is 2.23. The lowest BCUT2D eigenvalue weighted by Crippen LogP contribution is -2.50. The maximum absolute atomic E-state index is 12.5. The molecule has 3 rings (SSSR count). The van der Waals surface area contributed by atoms with Gasteiger partial charge in [-0.05, 0) is 25.0 Å². The van der Waals surface area contributed by atoms with E-state index in [1.807, 2.05) is 4.90 Å². The van der Waals surface area contributed by atoms with Crippen LogP contribution in [0.5, 0.6) is 0 Å². The fraction of sp³-hybridized carbons (Fsp3) is 0.353. The first-order valence-corrected chi connectivity index (χ1v) is 8.15. The highest BCUT2D eigenvalue weighted by molar-refractivity contribution is 6.33. The topological polar surface area (TPSA) is 69.3 Å². The summed E-state index contributed by atoms with van der Waals surface area (Å²) < 4.78 is 0. The zero-order chi connectivity index (χ0) is 17.3. The van der Waals surface area contributed by atoms with Crippen molar-refractivity contribution in [3.63, 3.8) is 0 Å². The molecule has 1 saturated heterocycles. The van der Waals surface area contributed by atoms with Gasteiger partial charge in [0.05, 0.1) is 18.4 Å². The van der Waals surface area contributed by atoms with Crippen molar-refractivity contribution < 1.29 is 4.79 Å². The van der Waals surface area contributed by atoms with Crippen LogP contribution in [0, 0.1) is 13.8 Å². The van der Waals surface area contributed by atoms with E-state index in [0.717, 1.165) is 5.56 Å². The molecule has 1 amide bonds. The van der Waals surface area contributed by atoms with Gasteiger partial charge >= 0.3 is 0 Å². The van der Waals surface area contributed by atoms with Gasteiger partial charge in [0.1, 0.15) is 5.02 Å². The number of amides is 1. The number of carbonyl (C=O) groups excluding carboxylic acids is 1. The van der Waals surface area contributed by atoms with E-state index in [1.54, 1.807) is 4.90 Å². The van der Waals surface area contributed by atoms with Crippen molar-refractivity contribution >= 4 is 23.2 Å². The predicted octanol–water partition coefficient (Wildman–Crippen LogP) is 1.89. The van der Waals surface area contributed by atoms with Crippen molar-refractivity contribution in [1.29, 1.82) is 0 Å². The number of benzene rings is 1. The second-order valence-corrected chi connectivity index (χ2v) is 6.44. The van der Waals surface area contributed by atoms with E-state index in [1.165, 1.54) is 17.3 Å². The summed E-state index contributed by atoms with van der Waals surface area (Å²) in [5.74, 6) is 0.0116. The smallest absolute Gasteiger partial charge is 0.285 e. The molecular formula is C17H19ClN4O2. The molecule has 0 bridgehead atoms. The van der Waals surface area contributed by atoms with Crippen molar-refractivity contribution in [3.05, 3.63) is 56.5 Å². The van der Waals surface area contributed by atoms with Crippen molar-refractivity contribution in [2.75, 3.05) is 24.5 Å². The molecule has 7 heteroatoms. The number of rotatable bonds is 3. The van der Waals surface area contributed by atoms with Crippen molar-refractivity contribution in [2.24, 2.45) is 0 Å². The predicted molar refractivity (Wildman–Crippen MR) is 93.4 cm³/mol. The van der Waals surface area contributed by atoms with Gasteiger partial charge in [0.2, 0.25) is 5.91 Å². The Balaban J connectivity index is 1.72. The largest absolute Gasteiger partial charge is 0.358 e. The average Bonchev–Trinajstić information content (AvgIpc) is 2.54. The van der Waals surface area contributed by atoms with Gasteiger partial charge in [-0.2, -0.15) is 5.10 Å². The molecule has 0 aliphatic carbocycles. The number of aromatic amines is 1. The second kappa shape index (κ2) is 6.65. The molecule has 0 unspecified atom stereocenters. The fourth-order valence-electron chi connectivity index (χ4n) is 2.90. The van der Waals surface area contributed by atoms with Crippen LogP contribution < -0.4 is 10.5 Å². The van der Waals surface area contributed by atoms with E-state index in [4.69, 9.17) is 11.6 Å². The van der Waals surface area contributed by atoms with Gasteiger partial charge in [-0.1, -0.05) is 35.4 Å². The molecule has 0 saturated carbocycles. The molecule has 1 aromatic carbocycles. The molecule has 1 fully saturated rings. The molecule has 2 aromatic rings. The SMILES string of the molecule is Cc1ccc(CN2CCN(c3cn[nH]c(=O)c3Cl)CC2=O)c(C)c1. The number of aryl methyl sites for hydroxylation is 2. The van der Waals surface area contributed by atoms with Crippen LogP contribution in [0.15, 0.2) is 29.2 Å². The molecular weight excluding hydrogens is 328 g/mol. The summed E-state index contributed by atoms with van der Waals surface area (Å²) in [6, 6.07) is 6.25. The van der Waals surface area contributed by atoms with Gasteiger partial charge in [-0.3, -0.25) is 9.59 Å². The molecule has 1 N–H and O–H groups in total. The number of carbonyl (C=O) groups is 1. The van der Waals surface area contributed by atoms with E-state index in [9.17, 15) is 9.59 Å². The molecule has 1 aliphatic heterocycles. The first-order valence-electron chi connectivity index (χ1n) is 7.77. The monoisotopic (exact) mass is 346 g/mol. The van der Waals surface area contributed by atoms with Crippen LogP contribution in [0.1, 0.15) is 16.7 Å². The van der Waals surface area contributed by atoms with E-state index >= 15 is 0 Å². The third kappa shape index (κ3) is 3.28. The molecule has 1 aromatic heterocycles. The number of halogens is 1. The molecule has 6 nitrogen and oxygen atoms in total. The number of aromatic nitrogens is 2. The summed E-state index contributed by atoms with van der Waals surface area (Å²) in [6.07, 6.45) is 1.48. The number of hydrogen-bond donors (Lipinski definition) is 1. The molecule has 2 heterocycles. The second-order valence-electron chi connectivity index (χ2n) is 6.07. The first-order chi connectivity index (χ1) is 11.5. The minimum Gasteiger partial charge on any atom is -0.358 e. The molecule has 24 heavy (non-hydrogen) atoms. The number of hydrogen-bond acceptors (Lipinski definition) is 4. The van der Waals surface area contributed by atoms with Crippen molar-refractivity contribution in [3.8, 4) is 0 Å². The van der Waals surface area contributed by atoms with Crippen LogP contribution in [0.25, 0.3) is 0 Å². The first kappa shape index (κ1) is 16.5. The number of H-pyrrole nitrogens is 1. The Bertz CT molecular complexity index is 834. The lowest BCUT2D eigenvalue weighted by Gasteiger charge is -2.35. The van der Waals surface area contributed by atoms with Crippen LogP contribution in [0.2, 0.25) is 5.02 Å². The zero-order valence-corrected chi connectivity index (χ0v) is 14.4. The number of piperazine rings is 1. The third-order valence-electron chi connectivity index (χ3n) is 4.30. The van der Waals surface area contributed by atoms with Gasteiger partial charge in [0.25, 0.3) is 5.56 Å². The van der Waals surface area contributed by atoms with Crippen LogP contribution in [0.4, 0.5) is 5.69 Å².